The molecule has 2 nitrogen and oxygen atoms in total. The van der Waals surface area contributed by atoms with Crippen LogP contribution in [0.2, 0.25) is 0 Å². The molecule has 0 aromatic heterocycles. The average Bonchev–Trinajstić information content (AvgIpc) is 2.53. The molecule has 1 heterocycles. The summed E-state index contributed by atoms with van der Waals surface area (Å²) in [5.74, 6) is 0. The van der Waals surface area contributed by atoms with Gasteiger partial charge in [0.2, 0.25) is 0 Å². The lowest BCUT2D eigenvalue weighted by Crippen LogP contribution is -2.34. The first-order chi connectivity index (χ1) is 6.49. The third-order valence-electron chi connectivity index (χ3n) is 2.63. The van der Waals surface area contributed by atoms with Gasteiger partial charge in [0.15, 0.2) is 0 Å². The van der Waals surface area contributed by atoms with Crippen LogP contribution in [-0.2, 0) is 0 Å². The number of hydrogen-bond donors (Lipinski definition) is 1. The zero-order valence-corrected chi connectivity index (χ0v) is 8.40. The van der Waals surface area contributed by atoms with Crippen LogP contribution in [0.5, 0.6) is 0 Å². The first-order valence-corrected chi connectivity index (χ1v) is 4.97. The summed E-state index contributed by atoms with van der Waals surface area (Å²) in [4.78, 5) is 2.02. The minimum atomic E-state index is -4.01. The summed E-state index contributed by atoms with van der Waals surface area (Å²) in [7, 11) is 1.90. The van der Waals surface area contributed by atoms with Crippen LogP contribution in [0.1, 0.15) is 19.3 Å². The average molecular weight is 210 g/mol. The molecule has 0 aromatic carbocycles. The van der Waals surface area contributed by atoms with Crippen LogP contribution in [0.25, 0.3) is 0 Å². The van der Waals surface area contributed by atoms with Gasteiger partial charge >= 0.3 is 6.18 Å². The van der Waals surface area contributed by atoms with E-state index in [2.05, 4.69) is 5.32 Å². The molecule has 0 radical (unpaired) electrons. The highest BCUT2D eigenvalue weighted by Gasteiger charge is 2.27. The summed E-state index contributed by atoms with van der Waals surface area (Å²) in [6.45, 7) is 2.42. The number of likely N-dealkylation sites (N-methyl/N-ethyl adjacent to an activating group) is 1. The van der Waals surface area contributed by atoms with E-state index in [1.165, 1.54) is 0 Å². The molecule has 0 aliphatic carbocycles. The Morgan fingerprint density at radius 1 is 1.43 bits per heavy atom. The summed E-state index contributed by atoms with van der Waals surface area (Å²) in [5, 5.41) is 3.20. The number of nitrogens with zero attached hydrogens (tertiary/aromatic N) is 1. The van der Waals surface area contributed by atoms with Crippen LogP contribution >= 0.6 is 0 Å². The van der Waals surface area contributed by atoms with Crippen LogP contribution in [-0.4, -0.2) is 43.8 Å². The number of alkyl halides is 3. The Bertz CT molecular complexity index is 164. The third-order valence-corrected chi connectivity index (χ3v) is 2.63. The molecule has 0 aromatic rings. The molecular formula is C9H17F3N2. The van der Waals surface area contributed by atoms with Crippen molar-refractivity contribution >= 4 is 0 Å². The van der Waals surface area contributed by atoms with Crippen molar-refractivity contribution in [1.29, 1.82) is 0 Å². The molecule has 1 fully saturated rings. The highest BCUT2D eigenvalue weighted by molar-refractivity contribution is 4.78. The molecule has 1 rings (SSSR count). The molecule has 1 atom stereocenters. The number of rotatable bonds is 4. The highest BCUT2D eigenvalue weighted by Crippen LogP contribution is 2.21. The molecule has 84 valence electrons. The second-order valence-corrected chi connectivity index (χ2v) is 3.85. The van der Waals surface area contributed by atoms with Crippen LogP contribution < -0.4 is 5.32 Å². The Hall–Kier alpha value is -0.290. The van der Waals surface area contributed by atoms with Crippen LogP contribution in [0.3, 0.4) is 0 Å². The largest absolute Gasteiger partial charge is 0.389 e. The second kappa shape index (κ2) is 4.98. The molecule has 0 amide bonds. The van der Waals surface area contributed by atoms with Gasteiger partial charge < -0.3 is 10.2 Å². The molecule has 1 N–H and O–H groups in total. The monoisotopic (exact) mass is 210 g/mol. The van der Waals surface area contributed by atoms with Crippen LogP contribution in [0, 0.1) is 0 Å². The van der Waals surface area contributed by atoms with Gasteiger partial charge in [-0.25, -0.2) is 0 Å². The molecule has 0 saturated carbocycles. The molecular weight excluding hydrogens is 193 g/mol. The SMILES string of the molecule is CN(CCCC(F)(F)F)C1CCNC1. The maximum absolute atomic E-state index is 11.9. The van der Waals surface area contributed by atoms with E-state index in [0.717, 1.165) is 19.5 Å². The van der Waals surface area contributed by atoms with E-state index < -0.39 is 12.6 Å². The standard InChI is InChI=1S/C9H17F3N2/c1-14(8-3-5-13-7-8)6-2-4-9(10,11)12/h8,13H,2-7H2,1H3. The lowest BCUT2D eigenvalue weighted by molar-refractivity contribution is -0.136. The van der Waals surface area contributed by atoms with E-state index in [1.54, 1.807) is 0 Å². The van der Waals surface area contributed by atoms with Crippen molar-refractivity contribution in [3.8, 4) is 0 Å². The Balaban J connectivity index is 2.11. The smallest absolute Gasteiger partial charge is 0.315 e. The van der Waals surface area contributed by atoms with Gasteiger partial charge in [0.25, 0.3) is 0 Å². The highest BCUT2D eigenvalue weighted by atomic mass is 19.4. The van der Waals surface area contributed by atoms with Gasteiger partial charge in [0.1, 0.15) is 0 Å². The van der Waals surface area contributed by atoms with E-state index >= 15 is 0 Å². The summed E-state index contributed by atoms with van der Waals surface area (Å²) < 4.78 is 35.6. The van der Waals surface area contributed by atoms with Crippen molar-refractivity contribution in [2.75, 3.05) is 26.7 Å². The van der Waals surface area contributed by atoms with Gasteiger partial charge in [0, 0.05) is 19.0 Å². The predicted octanol–water partition coefficient (Wildman–Crippen LogP) is 1.62. The molecule has 1 unspecified atom stereocenters. The summed E-state index contributed by atoms with van der Waals surface area (Å²) >= 11 is 0. The number of nitrogens with one attached hydrogen (secondary N) is 1. The fourth-order valence-corrected chi connectivity index (χ4v) is 1.73. The zero-order chi connectivity index (χ0) is 10.6. The number of hydrogen-bond acceptors (Lipinski definition) is 2. The molecule has 1 saturated heterocycles. The first kappa shape index (κ1) is 11.8. The van der Waals surface area contributed by atoms with Crippen LogP contribution in [0.15, 0.2) is 0 Å². The van der Waals surface area contributed by atoms with Gasteiger partial charge in [-0.3, -0.25) is 0 Å². The molecule has 0 spiro atoms. The Morgan fingerprint density at radius 3 is 2.64 bits per heavy atom. The lowest BCUT2D eigenvalue weighted by Gasteiger charge is -2.23. The Labute approximate surface area is 82.5 Å². The first-order valence-electron chi connectivity index (χ1n) is 4.97. The maximum Gasteiger partial charge on any atom is 0.389 e. The van der Waals surface area contributed by atoms with Crippen molar-refractivity contribution in [2.45, 2.75) is 31.5 Å². The van der Waals surface area contributed by atoms with Crippen molar-refractivity contribution in [1.82, 2.24) is 10.2 Å². The summed E-state index contributed by atoms with van der Waals surface area (Å²) in [5.41, 5.74) is 0. The van der Waals surface area contributed by atoms with E-state index in [-0.39, 0.29) is 6.42 Å². The fourth-order valence-electron chi connectivity index (χ4n) is 1.73. The number of halogens is 3. The lowest BCUT2D eigenvalue weighted by atomic mass is 10.2. The van der Waals surface area contributed by atoms with E-state index in [0.29, 0.717) is 12.6 Å². The third kappa shape index (κ3) is 4.28. The molecule has 5 heteroatoms. The molecule has 1 aliphatic heterocycles. The Morgan fingerprint density at radius 2 is 2.14 bits per heavy atom. The quantitative estimate of drug-likeness (QED) is 0.758. The topological polar surface area (TPSA) is 15.3 Å². The van der Waals surface area contributed by atoms with Crippen molar-refractivity contribution in [3.63, 3.8) is 0 Å². The van der Waals surface area contributed by atoms with Crippen molar-refractivity contribution in [2.24, 2.45) is 0 Å². The van der Waals surface area contributed by atoms with Gasteiger partial charge in [-0.05, 0) is 33.0 Å². The summed E-state index contributed by atoms with van der Waals surface area (Å²) in [6, 6.07) is 0.420. The van der Waals surface area contributed by atoms with Crippen LogP contribution in [0.4, 0.5) is 13.2 Å². The van der Waals surface area contributed by atoms with Gasteiger partial charge in [-0.2, -0.15) is 13.2 Å². The van der Waals surface area contributed by atoms with Gasteiger partial charge in [-0.1, -0.05) is 0 Å². The molecule has 14 heavy (non-hydrogen) atoms. The molecule has 0 bridgehead atoms. The molecule has 1 aliphatic rings. The van der Waals surface area contributed by atoms with E-state index in [9.17, 15) is 13.2 Å². The normalized spacial score (nSPS) is 23.4. The maximum atomic E-state index is 11.9. The summed E-state index contributed by atoms with van der Waals surface area (Å²) in [6.07, 6.45) is -3.43. The van der Waals surface area contributed by atoms with E-state index in [4.69, 9.17) is 0 Å². The zero-order valence-electron chi connectivity index (χ0n) is 8.40. The van der Waals surface area contributed by atoms with E-state index in [1.807, 2.05) is 11.9 Å². The van der Waals surface area contributed by atoms with Gasteiger partial charge in [0.05, 0.1) is 0 Å². The minimum absolute atomic E-state index is 0.205. The van der Waals surface area contributed by atoms with Crippen molar-refractivity contribution < 1.29 is 13.2 Å². The Kier molecular flexibility index (Phi) is 4.19. The predicted molar refractivity (Wildman–Crippen MR) is 49.2 cm³/mol. The fraction of sp³-hybridized carbons (Fsp3) is 1.00. The van der Waals surface area contributed by atoms with Gasteiger partial charge in [-0.15, -0.1) is 0 Å². The minimum Gasteiger partial charge on any atom is -0.315 e. The van der Waals surface area contributed by atoms with Crippen molar-refractivity contribution in [3.05, 3.63) is 0 Å². The second-order valence-electron chi connectivity index (χ2n) is 3.85.